The second-order valence-corrected chi connectivity index (χ2v) is 5.82. The van der Waals surface area contributed by atoms with Gasteiger partial charge in [0.05, 0.1) is 6.04 Å². The number of nitrogens with one attached hydrogen (secondary N) is 1. The van der Waals surface area contributed by atoms with Crippen molar-refractivity contribution < 1.29 is 0 Å². The molecular formula is C16H16Cl2N2. The second-order valence-electron chi connectivity index (χ2n) is 4.95. The first-order valence-corrected chi connectivity index (χ1v) is 7.48. The molecule has 1 N–H and O–H groups in total. The summed E-state index contributed by atoms with van der Waals surface area (Å²) in [6, 6.07) is 16.6. The molecule has 2 aromatic rings. The molecule has 1 aliphatic rings. The highest BCUT2D eigenvalue weighted by Gasteiger charge is 2.24. The van der Waals surface area contributed by atoms with Gasteiger partial charge in [-0.3, -0.25) is 0 Å². The average molecular weight is 307 g/mol. The van der Waals surface area contributed by atoms with Gasteiger partial charge in [0.2, 0.25) is 0 Å². The molecule has 3 rings (SSSR count). The van der Waals surface area contributed by atoms with Crippen molar-refractivity contribution in [2.45, 2.75) is 6.04 Å². The zero-order valence-corrected chi connectivity index (χ0v) is 12.5. The van der Waals surface area contributed by atoms with Gasteiger partial charge in [-0.15, -0.1) is 0 Å². The highest BCUT2D eigenvalue weighted by Crippen LogP contribution is 2.32. The van der Waals surface area contributed by atoms with E-state index in [1.54, 1.807) is 6.07 Å². The van der Waals surface area contributed by atoms with Crippen molar-refractivity contribution in [3.63, 3.8) is 0 Å². The standard InChI is InChI=1S/C16H16Cl2N2/c17-13-8-14(18)10-15(9-13)20-7-6-19-11-16(20)12-4-2-1-3-5-12/h1-5,8-10,16,19H,6-7,11H2. The van der Waals surface area contributed by atoms with Gasteiger partial charge in [0.15, 0.2) is 0 Å². The number of nitrogens with zero attached hydrogens (tertiary/aromatic N) is 1. The van der Waals surface area contributed by atoms with E-state index in [4.69, 9.17) is 23.2 Å². The third-order valence-corrected chi connectivity index (χ3v) is 4.04. The maximum atomic E-state index is 6.14. The Morgan fingerprint density at radius 3 is 2.40 bits per heavy atom. The molecule has 0 aromatic heterocycles. The van der Waals surface area contributed by atoms with Crippen molar-refractivity contribution in [2.75, 3.05) is 24.5 Å². The Labute approximate surface area is 129 Å². The van der Waals surface area contributed by atoms with Gasteiger partial charge in [-0.1, -0.05) is 53.5 Å². The van der Waals surface area contributed by atoms with Gasteiger partial charge in [0.25, 0.3) is 0 Å². The summed E-state index contributed by atoms with van der Waals surface area (Å²) < 4.78 is 0. The van der Waals surface area contributed by atoms with Crippen LogP contribution in [0.25, 0.3) is 0 Å². The van der Waals surface area contributed by atoms with Crippen LogP contribution in [-0.4, -0.2) is 19.6 Å². The van der Waals surface area contributed by atoms with E-state index in [1.807, 2.05) is 18.2 Å². The summed E-state index contributed by atoms with van der Waals surface area (Å²) in [7, 11) is 0. The maximum absolute atomic E-state index is 6.14. The lowest BCUT2D eigenvalue weighted by molar-refractivity contribution is 0.490. The molecule has 1 atom stereocenters. The molecule has 0 bridgehead atoms. The van der Waals surface area contributed by atoms with E-state index in [0.29, 0.717) is 16.1 Å². The summed E-state index contributed by atoms with van der Waals surface area (Å²) in [6.45, 7) is 2.83. The van der Waals surface area contributed by atoms with Crippen molar-refractivity contribution in [1.29, 1.82) is 0 Å². The predicted octanol–water partition coefficient (Wildman–Crippen LogP) is 4.14. The van der Waals surface area contributed by atoms with Gasteiger partial charge >= 0.3 is 0 Å². The average Bonchev–Trinajstić information content (AvgIpc) is 2.47. The summed E-state index contributed by atoms with van der Waals surface area (Å²) in [5, 5.41) is 4.81. The SMILES string of the molecule is Clc1cc(Cl)cc(N2CCNCC2c2ccccc2)c1. The molecule has 1 heterocycles. The normalized spacial score (nSPS) is 19.1. The summed E-state index contributed by atoms with van der Waals surface area (Å²) in [5.74, 6) is 0. The van der Waals surface area contributed by atoms with E-state index in [9.17, 15) is 0 Å². The van der Waals surface area contributed by atoms with Crippen molar-refractivity contribution in [2.24, 2.45) is 0 Å². The minimum atomic E-state index is 0.305. The van der Waals surface area contributed by atoms with Crippen LogP contribution in [0.5, 0.6) is 0 Å². The zero-order valence-electron chi connectivity index (χ0n) is 11.0. The topological polar surface area (TPSA) is 15.3 Å². The first-order chi connectivity index (χ1) is 9.74. The molecule has 0 spiro atoms. The van der Waals surface area contributed by atoms with E-state index < -0.39 is 0 Å². The summed E-state index contributed by atoms with van der Waals surface area (Å²) >= 11 is 12.3. The Morgan fingerprint density at radius 1 is 1.00 bits per heavy atom. The van der Waals surface area contributed by atoms with Gasteiger partial charge in [0, 0.05) is 35.4 Å². The number of halogens is 2. The molecule has 0 aliphatic carbocycles. The van der Waals surface area contributed by atoms with Gasteiger partial charge in [-0.25, -0.2) is 0 Å². The lowest BCUT2D eigenvalue weighted by Crippen LogP contribution is -2.46. The number of rotatable bonds is 2. The van der Waals surface area contributed by atoms with E-state index in [-0.39, 0.29) is 0 Å². The molecule has 2 aromatic carbocycles. The minimum absolute atomic E-state index is 0.305. The smallest absolute Gasteiger partial charge is 0.0667 e. The Morgan fingerprint density at radius 2 is 1.70 bits per heavy atom. The fraction of sp³-hybridized carbons (Fsp3) is 0.250. The van der Waals surface area contributed by atoms with Crippen LogP contribution in [0.3, 0.4) is 0 Å². The Hall–Kier alpha value is -1.22. The molecule has 0 saturated carbocycles. The fourth-order valence-corrected chi connectivity index (χ4v) is 3.21. The first-order valence-electron chi connectivity index (χ1n) is 6.72. The van der Waals surface area contributed by atoms with E-state index in [2.05, 4.69) is 34.5 Å². The summed E-state index contributed by atoms with van der Waals surface area (Å²) in [6.07, 6.45) is 0. The number of hydrogen-bond acceptors (Lipinski definition) is 2. The van der Waals surface area contributed by atoms with Crippen molar-refractivity contribution in [3.8, 4) is 0 Å². The van der Waals surface area contributed by atoms with Crippen LogP contribution < -0.4 is 10.2 Å². The van der Waals surface area contributed by atoms with Gasteiger partial charge in [0.1, 0.15) is 0 Å². The predicted molar refractivity (Wildman–Crippen MR) is 85.9 cm³/mol. The van der Waals surface area contributed by atoms with Gasteiger partial charge < -0.3 is 10.2 Å². The molecular weight excluding hydrogens is 291 g/mol. The Kier molecular flexibility index (Phi) is 4.16. The first kappa shape index (κ1) is 13.7. The van der Waals surface area contributed by atoms with E-state index >= 15 is 0 Å². The van der Waals surface area contributed by atoms with E-state index in [0.717, 1.165) is 25.3 Å². The van der Waals surface area contributed by atoms with Crippen LogP contribution in [0.2, 0.25) is 10.0 Å². The Balaban J connectivity index is 1.96. The maximum Gasteiger partial charge on any atom is 0.0667 e. The molecule has 0 radical (unpaired) electrons. The minimum Gasteiger partial charge on any atom is -0.362 e. The third-order valence-electron chi connectivity index (χ3n) is 3.61. The van der Waals surface area contributed by atoms with Crippen molar-refractivity contribution in [3.05, 3.63) is 64.1 Å². The van der Waals surface area contributed by atoms with Crippen LogP contribution >= 0.6 is 23.2 Å². The largest absolute Gasteiger partial charge is 0.362 e. The van der Waals surface area contributed by atoms with Crippen LogP contribution in [0, 0.1) is 0 Å². The molecule has 1 fully saturated rings. The quantitative estimate of drug-likeness (QED) is 0.897. The summed E-state index contributed by atoms with van der Waals surface area (Å²) in [5.41, 5.74) is 2.38. The molecule has 104 valence electrons. The fourth-order valence-electron chi connectivity index (χ4n) is 2.69. The molecule has 1 saturated heterocycles. The lowest BCUT2D eigenvalue weighted by Gasteiger charge is -2.38. The monoisotopic (exact) mass is 306 g/mol. The van der Waals surface area contributed by atoms with Crippen molar-refractivity contribution >= 4 is 28.9 Å². The van der Waals surface area contributed by atoms with Crippen LogP contribution in [0.1, 0.15) is 11.6 Å². The second kappa shape index (κ2) is 6.04. The number of benzene rings is 2. The molecule has 20 heavy (non-hydrogen) atoms. The number of anilines is 1. The molecule has 2 nitrogen and oxygen atoms in total. The third kappa shape index (κ3) is 2.93. The summed E-state index contributed by atoms with van der Waals surface area (Å²) in [4.78, 5) is 2.36. The van der Waals surface area contributed by atoms with Crippen LogP contribution in [-0.2, 0) is 0 Å². The van der Waals surface area contributed by atoms with Gasteiger partial charge in [-0.05, 0) is 23.8 Å². The van der Waals surface area contributed by atoms with Crippen LogP contribution in [0.4, 0.5) is 5.69 Å². The van der Waals surface area contributed by atoms with Crippen LogP contribution in [0.15, 0.2) is 48.5 Å². The lowest BCUT2D eigenvalue weighted by atomic mass is 10.0. The Bertz CT molecular complexity index is 566. The highest BCUT2D eigenvalue weighted by molar-refractivity contribution is 6.35. The molecule has 1 unspecified atom stereocenters. The highest BCUT2D eigenvalue weighted by atomic mass is 35.5. The van der Waals surface area contributed by atoms with E-state index in [1.165, 1.54) is 5.56 Å². The number of hydrogen-bond donors (Lipinski definition) is 1. The molecule has 0 amide bonds. The molecule has 4 heteroatoms. The number of piperazine rings is 1. The van der Waals surface area contributed by atoms with Crippen molar-refractivity contribution in [1.82, 2.24) is 5.32 Å². The van der Waals surface area contributed by atoms with Gasteiger partial charge in [-0.2, -0.15) is 0 Å². The molecule has 1 aliphatic heterocycles. The zero-order chi connectivity index (χ0) is 13.9.